The molecule has 11 nitrogen and oxygen atoms in total. The standard InChI is InChI=1S/C72H137NO10/c1-4-7-10-13-16-19-22-24-26-28-29-30-31-32-33-34-35-36-37-38-40-42-45-48-51-54-57-60-67(77)83-70-69(79)68(78)66(61-74)82-72(70)81-62-63(64(75)58-55-52-49-46-43-21-18-15-12-9-6-3)73-71(80)65(76)59-56-53-50-47-44-41-39-27-25-23-20-17-14-11-8-5-2/h25,27,55,58,63-66,68-70,72,74-76,78-79H,4-24,26,28-54,56-57,59-62H2,1-3H3,(H,73,80)/b27-25+,58-55+. The molecule has 8 unspecified atom stereocenters. The molecular weight excluding hydrogens is 1040 g/mol. The third kappa shape index (κ3) is 47.8. The Morgan fingerprint density at radius 3 is 1.17 bits per heavy atom. The van der Waals surface area contributed by atoms with Crippen molar-refractivity contribution in [1.29, 1.82) is 0 Å². The first kappa shape index (κ1) is 79.2. The van der Waals surface area contributed by atoms with Gasteiger partial charge in [0.2, 0.25) is 5.91 Å². The zero-order valence-electron chi connectivity index (χ0n) is 54.6. The Balaban J connectivity index is 2.50. The SMILES string of the molecule is CCCCCCCC/C=C/CCCCCCCCC(O)C(=O)NC(COC1OC(CO)C(O)C(O)C1OC(=O)CCCCCCCCCCCCCCCCCCCCCCCCCCCCC)C(O)/C=C/CCCCCCCCCCC. The lowest BCUT2D eigenvalue weighted by Gasteiger charge is -2.41. The largest absolute Gasteiger partial charge is 0.454 e. The summed E-state index contributed by atoms with van der Waals surface area (Å²) in [5.74, 6) is -1.18. The second-order valence-electron chi connectivity index (χ2n) is 25.3. The first-order valence-electron chi connectivity index (χ1n) is 36.1. The monoisotopic (exact) mass is 1180 g/mol. The molecule has 83 heavy (non-hydrogen) atoms. The van der Waals surface area contributed by atoms with Crippen LogP contribution in [0, 0.1) is 0 Å². The van der Waals surface area contributed by atoms with Crippen molar-refractivity contribution in [1.82, 2.24) is 5.32 Å². The number of nitrogens with one attached hydrogen (secondary N) is 1. The molecule has 1 rings (SSSR count). The average Bonchev–Trinajstić information content (AvgIpc) is 3.52. The van der Waals surface area contributed by atoms with E-state index in [0.29, 0.717) is 12.8 Å². The number of rotatable bonds is 63. The van der Waals surface area contributed by atoms with Crippen LogP contribution in [0.25, 0.3) is 0 Å². The van der Waals surface area contributed by atoms with E-state index < -0.39 is 67.4 Å². The number of carbonyl (C=O) groups is 2. The number of amides is 1. The lowest BCUT2D eigenvalue weighted by molar-refractivity contribution is -0.305. The summed E-state index contributed by atoms with van der Waals surface area (Å²) in [6.45, 7) is 5.83. The highest BCUT2D eigenvalue weighted by Crippen LogP contribution is 2.26. The quantitative estimate of drug-likeness (QED) is 0.0195. The molecule has 0 aromatic rings. The minimum Gasteiger partial charge on any atom is -0.454 e. The van der Waals surface area contributed by atoms with Crippen molar-refractivity contribution in [3.63, 3.8) is 0 Å². The van der Waals surface area contributed by atoms with Gasteiger partial charge in [0.25, 0.3) is 0 Å². The van der Waals surface area contributed by atoms with Crippen LogP contribution in [0.3, 0.4) is 0 Å². The average molecular weight is 1180 g/mol. The Morgan fingerprint density at radius 2 is 0.795 bits per heavy atom. The number of hydrogen-bond acceptors (Lipinski definition) is 10. The zero-order valence-corrected chi connectivity index (χ0v) is 54.6. The van der Waals surface area contributed by atoms with E-state index in [2.05, 4.69) is 38.2 Å². The number of aliphatic hydroxyl groups excluding tert-OH is 5. The van der Waals surface area contributed by atoms with Crippen LogP contribution in [0.2, 0.25) is 0 Å². The topological polar surface area (TPSA) is 175 Å². The predicted molar refractivity (Wildman–Crippen MR) is 348 cm³/mol. The maximum atomic E-state index is 13.4. The van der Waals surface area contributed by atoms with E-state index in [9.17, 15) is 35.1 Å². The van der Waals surface area contributed by atoms with Crippen molar-refractivity contribution in [3.05, 3.63) is 24.3 Å². The van der Waals surface area contributed by atoms with Gasteiger partial charge in [-0.2, -0.15) is 0 Å². The highest BCUT2D eigenvalue weighted by atomic mass is 16.7. The first-order chi connectivity index (χ1) is 40.7. The molecule has 0 saturated carbocycles. The van der Waals surface area contributed by atoms with E-state index >= 15 is 0 Å². The number of ether oxygens (including phenoxy) is 3. The van der Waals surface area contributed by atoms with E-state index in [4.69, 9.17) is 14.2 Å². The number of allylic oxidation sites excluding steroid dienone is 3. The Morgan fingerprint density at radius 1 is 0.458 bits per heavy atom. The number of esters is 1. The van der Waals surface area contributed by atoms with Crippen LogP contribution in [0.15, 0.2) is 24.3 Å². The minimum atomic E-state index is -1.61. The van der Waals surface area contributed by atoms with Crippen LogP contribution in [0.5, 0.6) is 0 Å². The van der Waals surface area contributed by atoms with Gasteiger partial charge in [0.1, 0.15) is 24.4 Å². The van der Waals surface area contributed by atoms with Crippen LogP contribution < -0.4 is 5.32 Å². The molecule has 0 radical (unpaired) electrons. The van der Waals surface area contributed by atoms with Crippen LogP contribution in [0.4, 0.5) is 0 Å². The molecular formula is C72H137NO10. The highest BCUT2D eigenvalue weighted by Gasteiger charge is 2.47. The zero-order chi connectivity index (χ0) is 60.3. The van der Waals surface area contributed by atoms with Crippen molar-refractivity contribution in [2.75, 3.05) is 13.2 Å². The third-order valence-corrected chi connectivity index (χ3v) is 17.4. The van der Waals surface area contributed by atoms with Gasteiger partial charge >= 0.3 is 5.97 Å². The molecule has 1 heterocycles. The molecule has 1 aliphatic rings. The van der Waals surface area contributed by atoms with Gasteiger partial charge in [-0.15, -0.1) is 0 Å². The fourth-order valence-corrected chi connectivity index (χ4v) is 11.7. The number of unbranched alkanes of at least 4 members (excludes halogenated alkanes) is 47. The highest BCUT2D eigenvalue weighted by molar-refractivity contribution is 5.80. The van der Waals surface area contributed by atoms with E-state index in [-0.39, 0.29) is 19.4 Å². The van der Waals surface area contributed by atoms with Crippen molar-refractivity contribution < 1.29 is 49.3 Å². The summed E-state index contributed by atoms with van der Waals surface area (Å²) >= 11 is 0. The molecule has 8 atom stereocenters. The van der Waals surface area contributed by atoms with Crippen molar-refractivity contribution >= 4 is 11.9 Å². The summed E-state index contributed by atoms with van der Waals surface area (Å²) < 4.78 is 17.7. The second-order valence-corrected chi connectivity index (χ2v) is 25.3. The molecule has 1 amide bonds. The molecule has 0 bridgehead atoms. The molecule has 1 fully saturated rings. The van der Waals surface area contributed by atoms with Gasteiger partial charge in [0, 0.05) is 6.42 Å². The molecule has 0 aromatic heterocycles. The van der Waals surface area contributed by atoms with E-state index in [1.807, 2.05) is 6.08 Å². The van der Waals surface area contributed by atoms with Gasteiger partial charge in [-0.25, -0.2) is 0 Å². The maximum absolute atomic E-state index is 13.4. The summed E-state index contributed by atoms with van der Waals surface area (Å²) in [6, 6.07) is -1.02. The molecule has 6 N–H and O–H groups in total. The van der Waals surface area contributed by atoms with Crippen LogP contribution in [0.1, 0.15) is 361 Å². The van der Waals surface area contributed by atoms with Crippen LogP contribution >= 0.6 is 0 Å². The molecule has 11 heteroatoms. The third-order valence-electron chi connectivity index (χ3n) is 17.4. The molecule has 0 spiro atoms. The number of hydrogen-bond donors (Lipinski definition) is 6. The Kier molecular flexibility index (Phi) is 57.6. The molecule has 0 aromatic carbocycles. The number of carbonyl (C=O) groups excluding carboxylic acids is 2. The van der Waals surface area contributed by atoms with Gasteiger partial charge in [-0.05, 0) is 51.4 Å². The molecule has 0 aliphatic carbocycles. The molecule has 490 valence electrons. The Bertz CT molecular complexity index is 1450. The summed E-state index contributed by atoms with van der Waals surface area (Å²) in [6.07, 6.45) is 62.4. The lowest BCUT2D eigenvalue weighted by atomic mass is 9.99. The minimum absolute atomic E-state index is 0.130. The normalized spacial score (nSPS) is 18.6. The Hall–Kier alpha value is -1.86. The predicted octanol–water partition coefficient (Wildman–Crippen LogP) is 18.4. The van der Waals surface area contributed by atoms with E-state index in [1.54, 1.807) is 6.08 Å². The van der Waals surface area contributed by atoms with Gasteiger partial charge in [-0.3, -0.25) is 9.59 Å². The van der Waals surface area contributed by atoms with Crippen molar-refractivity contribution in [2.24, 2.45) is 0 Å². The summed E-state index contributed by atoms with van der Waals surface area (Å²) in [4.78, 5) is 26.6. The fraction of sp³-hybridized carbons (Fsp3) is 0.917. The van der Waals surface area contributed by atoms with Crippen LogP contribution in [-0.2, 0) is 23.8 Å². The molecule has 1 saturated heterocycles. The van der Waals surface area contributed by atoms with Crippen LogP contribution in [-0.4, -0.2) is 99.6 Å². The van der Waals surface area contributed by atoms with Crippen molar-refractivity contribution in [3.8, 4) is 0 Å². The smallest absolute Gasteiger partial charge is 0.306 e. The van der Waals surface area contributed by atoms with Gasteiger partial charge in [0.05, 0.1) is 25.4 Å². The van der Waals surface area contributed by atoms with Crippen molar-refractivity contribution in [2.45, 2.75) is 410 Å². The van der Waals surface area contributed by atoms with E-state index in [0.717, 1.165) is 70.6 Å². The summed E-state index contributed by atoms with van der Waals surface area (Å²) in [5.41, 5.74) is 0. The maximum Gasteiger partial charge on any atom is 0.306 e. The summed E-state index contributed by atoms with van der Waals surface area (Å²) in [7, 11) is 0. The first-order valence-corrected chi connectivity index (χ1v) is 36.1. The summed E-state index contributed by atoms with van der Waals surface area (Å²) in [5, 5.41) is 57.1. The van der Waals surface area contributed by atoms with Gasteiger partial charge < -0.3 is 45.1 Å². The van der Waals surface area contributed by atoms with Gasteiger partial charge in [-0.1, -0.05) is 328 Å². The number of aliphatic hydroxyl groups is 5. The fourth-order valence-electron chi connectivity index (χ4n) is 11.7. The molecule has 1 aliphatic heterocycles. The second kappa shape index (κ2) is 60.4. The lowest BCUT2D eigenvalue weighted by Crippen LogP contribution is -2.61. The van der Waals surface area contributed by atoms with E-state index in [1.165, 1.54) is 244 Å². The van der Waals surface area contributed by atoms with Gasteiger partial charge in [0.15, 0.2) is 12.4 Å². The Labute approximate surface area is 511 Å².